The quantitative estimate of drug-likeness (QED) is 0.852. The Morgan fingerprint density at radius 3 is 2.80 bits per heavy atom. The number of rotatable bonds is 1. The number of benzene rings is 1. The Bertz CT molecular complexity index is 550. The number of hydrogen-bond acceptors (Lipinski definition) is 3. The van der Waals surface area contributed by atoms with Crippen molar-refractivity contribution in [1.29, 1.82) is 0 Å². The van der Waals surface area contributed by atoms with Crippen molar-refractivity contribution >= 4 is 17.5 Å². The van der Waals surface area contributed by atoms with Crippen molar-refractivity contribution in [3.63, 3.8) is 0 Å². The molecule has 1 saturated heterocycles. The average molecular weight is 274 g/mol. The first-order valence-electron chi connectivity index (χ1n) is 7.06. The Labute approximate surface area is 117 Å². The third-order valence-corrected chi connectivity index (χ3v) is 3.80. The van der Waals surface area contributed by atoms with E-state index in [2.05, 4.69) is 5.32 Å². The summed E-state index contributed by atoms with van der Waals surface area (Å²) in [5, 5.41) is 2.77. The van der Waals surface area contributed by atoms with E-state index in [0.717, 1.165) is 25.9 Å². The zero-order chi connectivity index (χ0) is 14.1. The predicted molar refractivity (Wildman–Crippen MR) is 74.9 cm³/mol. The summed E-state index contributed by atoms with van der Waals surface area (Å²) in [7, 11) is 0. The van der Waals surface area contributed by atoms with Crippen LogP contribution in [0.1, 0.15) is 36.5 Å². The summed E-state index contributed by atoms with van der Waals surface area (Å²) in [4.78, 5) is 25.9. The number of anilines is 1. The second-order valence-electron chi connectivity index (χ2n) is 5.31. The molecule has 0 bridgehead atoms. The molecule has 2 aliphatic rings. The third kappa shape index (κ3) is 2.35. The number of likely N-dealkylation sites (tertiary alicyclic amines) is 1. The van der Waals surface area contributed by atoms with E-state index >= 15 is 0 Å². The topological polar surface area (TPSA) is 58.6 Å². The fourth-order valence-corrected chi connectivity index (χ4v) is 2.62. The van der Waals surface area contributed by atoms with Gasteiger partial charge >= 0.3 is 0 Å². The molecule has 1 unspecified atom stereocenters. The van der Waals surface area contributed by atoms with Crippen molar-refractivity contribution < 1.29 is 14.3 Å². The Hall–Kier alpha value is -2.04. The van der Waals surface area contributed by atoms with Crippen LogP contribution in [-0.2, 0) is 4.79 Å². The summed E-state index contributed by atoms with van der Waals surface area (Å²) in [5.74, 6) is 0.465. The first-order chi connectivity index (χ1) is 9.65. The molecular formula is C15H18N2O3. The normalized spacial score (nSPS) is 21.8. The monoisotopic (exact) mass is 274 g/mol. The standard InChI is InChI=1S/C15H18N2O3/c1-10-14(18)16-12-9-11(5-6-13(12)20-10)15(19)17-7-3-2-4-8-17/h5-6,9-10H,2-4,7-8H2,1H3,(H,16,18). The van der Waals surface area contributed by atoms with Crippen LogP contribution in [0.5, 0.6) is 5.75 Å². The van der Waals surface area contributed by atoms with Gasteiger partial charge in [0.05, 0.1) is 5.69 Å². The predicted octanol–water partition coefficient (Wildman–Crippen LogP) is 2.03. The molecule has 5 nitrogen and oxygen atoms in total. The highest BCUT2D eigenvalue weighted by atomic mass is 16.5. The van der Waals surface area contributed by atoms with E-state index in [4.69, 9.17) is 4.74 Å². The lowest BCUT2D eigenvalue weighted by molar-refractivity contribution is -0.122. The molecule has 5 heteroatoms. The fraction of sp³-hybridized carbons (Fsp3) is 0.467. The Morgan fingerprint density at radius 1 is 1.30 bits per heavy atom. The van der Waals surface area contributed by atoms with Crippen LogP contribution in [-0.4, -0.2) is 35.9 Å². The minimum absolute atomic E-state index is 0.0281. The smallest absolute Gasteiger partial charge is 0.265 e. The maximum atomic E-state index is 12.4. The number of amides is 2. The molecule has 1 aromatic carbocycles. The summed E-state index contributed by atoms with van der Waals surface area (Å²) >= 11 is 0. The molecule has 1 N–H and O–H groups in total. The van der Waals surface area contributed by atoms with E-state index in [9.17, 15) is 9.59 Å². The van der Waals surface area contributed by atoms with Gasteiger partial charge in [-0.1, -0.05) is 0 Å². The molecule has 0 aliphatic carbocycles. The van der Waals surface area contributed by atoms with Gasteiger partial charge < -0.3 is 15.0 Å². The molecule has 106 valence electrons. The van der Waals surface area contributed by atoms with Crippen molar-refractivity contribution in [2.24, 2.45) is 0 Å². The van der Waals surface area contributed by atoms with E-state index in [-0.39, 0.29) is 11.8 Å². The van der Waals surface area contributed by atoms with Gasteiger partial charge in [-0.2, -0.15) is 0 Å². The highest BCUT2D eigenvalue weighted by molar-refractivity contribution is 6.00. The van der Waals surface area contributed by atoms with Crippen molar-refractivity contribution in [1.82, 2.24) is 4.90 Å². The van der Waals surface area contributed by atoms with E-state index in [1.54, 1.807) is 25.1 Å². The van der Waals surface area contributed by atoms with Crippen LogP contribution in [0.15, 0.2) is 18.2 Å². The molecule has 2 amide bonds. The van der Waals surface area contributed by atoms with E-state index in [1.165, 1.54) is 6.42 Å². The third-order valence-electron chi connectivity index (χ3n) is 3.80. The van der Waals surface area contributed by atoms with Crippen LogP contribution in [0.4, 0.5) is 5.69 Å². The van der Waals surface area contributed by atoms with E-state index < -0.39 is 6.10 Å². The van der Waals surface area contributed by atoms with Crippen molar-refractivity contribution in [2.45, 2.75) is 32.3 Å². The van der Waals surface area contributed by atoms with Crippen LogP contribution in [0.2, 0.25) is 0 Å². The summed E-state index contributed by atoms with van der Waals surface area (Å²) in [6, 6.07) is 5.22. The van der Waals surface area contributed by atoms with Gasteiger partial charge in [0.1, 0.15) is 5.75 Å². The minimum Gasteiger partial charge on any atom is -0.479 e. The molecule has 0 aromatic heterocycles. The van der Waals surface area contributed by atoms with Gasteiger partial charge in [0.2, 0.25) is 0 Å². The van der Waals surface area contributed by atoms with Gasteiger partial charge in [0.25, 0.3) is 11.8 Å². The van der Waals surface area contributed by atoms with Crippen molar-refractivity contribution in [2.75, 3.05) is 18.4 Å². The Kier molecular flexibility index (Phi) is 3.34. The molecule has 2 aliphatic heterocycles. The van der Waals surface area contributed by atoms with Crippen LogP contribution in [0.3, 0.4) is 0 Å². The number of carbonyl (C=O) groups excluding carboxylic acids is 2. The Morgan fingerprint density at radius 2 is 2.05 bits per heavy atom. The lowest BCUT2D eigenvalue weighted by atomic mass is 10.1. The van der Waals surface area contributed by atoms with E-state index in [0.29, 0.717) is 17.0 Å². The second-order valence-corrected chi connectivity index (χ2v) is 5.31. The molecule has 1 atom stereocenters. The SMILES string of the molecule is CC1Oc2ccc(C(=O)N3CCCCC3)cc2NC1=O. The van der Waals surface area contributed by atoms with Gasteiger partial charge in [0, 0.05) is 18.7 Å². The Balaban J connectivity index is 1.83. The number of nitrogens with one attached hydrogen (secondary N) is 1. The average Bonchev–Trinajstić information content (AvgIpc) is 2.48. The lowest BCUT2D eigenvalue weighted by Gasteiger charge is -2.28. The fourth-order valence-electron chi connectivity index (χ4n) is 2.62. The van der Waals surface area contributed by atoms with Crippen LogP contribution >= 0.6 is 0 Å². The first-order valence-corrected chi connectivity index (χ1v) is 7.06. The number of ether oxygens (including phenoxy) is 1. The molecule has 3 rings (SSSR count). The molecule has 0 spiro atoms. The second kappa shape index (κ2) is 5.15. The maximum absolute atomic E-state index is 12.4. The van der Waals surface area contributed by atoms with E-state index in [1.807, 2.05) is 4.90 Å². The van der Waals surface area contributed by atoms with Gasteiger partial charge in [-0.3, -0.25) is 9.59 Å². The van der Waals surface area contributed by atoms with Crippen molar-refractivity contribution in [3.8, 4) is 5.75 Å². The number of hydrogen-bond donors (Lipinski definition) is 1. The summed E-state index contributed by atoms with van der Waals surface area (Å²) in [6.07, 6.45) is 2.82. The van der Waals surface area contributed by atoms with Crippen LogP contribution < -0.4 is 10.1 Å². The largest absolute Gasteiger partial charge is 0.479 e. The highest BCUT2D eigenvalue weighted by Crippen LogP contribution is 2.31. The number of nitrogens with zero attached hydrogens (tertiary/aromatic N) is 1. The molecule has 1 fully saturated rings. The van der Waals surface area contributed by atoms with Crippen LogP contribution in [0, 0.1) is 0 Å². The van der Waals surface area contributed by atoms with Gasteiger partial charge in [0.15, 0.2) is 6.10 Å². The zero-order valence-electron chi connectivity index (χ0n) is 11.5. The zero-order valence-corrected chi connectivity index (χ0v) is 11.5. The molecule has 1 aromatic rings. The van der Waals surface area contributed by atoms with Gasteiger partial charge in [-0.15, -0.1) is 0 Å². The molecule has 2 heterocycles. The molecular weight excluding hydrogens is 256 g/mol. The summed E-state index contributed by atoms with van der Waals surface area (Å²) in [6.45, 7) is 3.33. The minimum atomic E-state index is -0.494. The maximum Gasteiger partial charge on any atom is 0.265 e. The van der Waals surface area contributed by atoms with Gasteiger partial charge in [-0.25, -0.2) is 0 Å². The number of carbonyl (C=O) groups is 2. The highest BCUT2D eigenvalue weighted by Gasteiger charge is 2.25. The number of piperidine rings is 1. The lowest BCUT2D eigenvalue weighted by Crippen LogP contribution is -2.36. The van der Waals surface area contributed by atoms with Crippen LogP contribution in [0.25, 0.3) is 0 Å². The molecule has 20 heavy (non-hydrogen) atoms. The summed E-state index contributed by atoms with van der Waals surface area (Å²) in [5.41, 5.74) is 1.18. The van der Waals surface area contributed by atoms with Gasteiger partial charge in [-0.05, 0) is 44.4 Å². The first kappa shape index (κ1) is 13.0. The molecule has 0 saturated carbocycles. The number of fused-ring (bicyclic) bond motifs is 1. The van der Waals surface area contributed by atoms with Crippen molar-refractivity contribution in [3.05, 3.63) is 23.8 Å². The summed E-state index contributed by atoms with van der Waals surface area (Å²) < 4.78 is 5.49. The molecule has 0 radical (unpaired) electrons.